The Labute approximate surface area is 127 Å². The number of hydrogen-bond acceptors (Lipinski definition) is 3. The summed E-state index contributed by atoms with van der Waals surface area (Å²) >= 11 is 0. The largest absolute Gasteiger partial charge is 0.478 e. The van der Waals surface area contributed by atoms with Gasteiger partial charge in [-0.05, 0) is 18.9 Å². The van der Waals surface area contributed by atoms with E-state index in [1.54, 1.807) is 37.3 Å². The molecule has 0 radical (unpaired) electrons. The summed E-state index contributed by atoms with van der Waals surface area (Å²) in [6.07, 6.45) is 0.350. The van der Waals surface area contributed by atoms with Gasteiger partial charge in [-0.3, -0.25) is 0 Å². The highest BCUT2D eigenvalue weighted by Gasteiger charge is 2.29. The summed E-state index contributed by atoms with van der Waals surface area (Å²) in [4.78, 5) is 23.3. The average Bonchev–Trinajstić information content (AvgIpc) is 2.79. The Hall–Kier alpha value is -2.60. The molecule has 0 aliphatic rings. The first kappa shape index (κ1) is 15.8. The van der Waals surface area contributed by atoms with Gasteiger partial charge < -0.3 is 19.9 Å². The van der Waals surface area contributed by atoms with Crippen molar-refractivity contribution in [3.63, 3.8) is 0 Å². The molecule has 2 aromatic rings. The maximum Gasteiger partial charge on any atom is 0.353 e. The Morgan fingerprint density at radius 3 is 2.23 bits per heavy atom. The predicted octanol–water partition coefficient (Wildman–Crippen LogP) is 2.24. The van der Waals surface area contributed by atoms with E-state index in [0.29, 0.717) is 17.7 Å². The van der Waals surface area contributed by atoms with Crippen LogP contribution in [0.1, 0.15) is 33.0 Å². The molecule has 1 aromatic carbocycles. The molecule has 0 fully saturated rings. The molecule has 116 valence electrons. The molecular weight excluding hydrogens is 286 g/mol. The molecule has 0 amide bonds. The molecule has 6 heteroatoms. The number of hydrogen-bond donors (Lipinski definition) is 3. The van der Waals surface area contributed by atoms with Crippen LogP contribution in [0.5, 0.6) is 0 Å². The highest BCUT2D eigenvalue weighted by atomic mass is 16.4. The van der Waals surface area contributed by atoms with Gasteiger partial charge in [-0.1, -0.05) is 30.3 Å². The van der Waals surface area contributed by atoms with Gasteiger partial charge in [0.25, 0.3) is 0 Å². The topological polar surface area (TPSA) is 99.8 Å². The maximum atomic E-state index is 11.7. The lowest BCUT2D eigenvalue weighted by Crippen LogP contribution is -2.12. The maximum absolute atomic E-state index is 11.7. The van der Waals surface area contributed by atoms with E-state index < -0.39 is 11.9 Å². The van der Waals surface area contributed by atoms with Crippen LogP contribution in [0.25, 0.3) is 11.1 Å². The average molecular weight is 303 g/mol. The zero-order chi connectivity index (χ0) is 16.3. The molecule has 6 nitrogen and oxygen atoms in total. The highest BCUT2D eigenvalue weighted by Crippen LogP contribution is 2.33. The molecule has 0 aliphatic heterocycles. The summed E-state index contributed by atoms with van der Waals surface area (Å²) < 4.78 is 1.45. The summed E-state index contributed by atoms with van der Waals surface area (Å²) in [6.45, 7) is 1.73. The van der Waals surface area contributed by atoms with Gasteiger partial charge in [0.15, 0.2) is 0 Å². The zero-order valence-electron chi connectivity index (χ0n) is 12.1. The molecule has 0 aliphatic carbocycles. The fourth-order valence-corrected chi connectivity index (χ4v) is 2.62. The number of benzene rings is 1. The van der Waals surface area contributed by atoms with Crippen LogP contribution in [0.2, 0.25) is 0 Å². The SMILES string of the molecule is Cc1c(C(=O)O)c(-c2ccccc2)c(C(=O)O)n1CCCO. The normalized spacial score (nSPS) is 10.6. The standard InChI is InChI=1S/C16H17NO5/c1-10-12(15(19)20)13(11-6-3-2-4-7-11)14(16(21)22)17(10)8-5-9-18/h2-4,6-7,18H,5,8-9H2,1H3,(H,19,20)(H,21,22). The number of carbonyl (C=O) groups is 2. The third kappa shape index (κ3) is 2.73. The monoisotopic (exact) mass is 303 g/mol. The summed E-state index contributed by atoms with van der Waals surface area (Å²) in [5, 5.41) is 28.0. The fourth-order valence-electron chi connectivity index (χ4n) is 2.62. The molecule has 1 heterocycles. The minimum atomic E-state index is -1.19. The van der Waals surface area contributed by atoms with Crippen LogP contribution in [0.4, 0.5) is 0 Å². The smallest absolute Gasteiger partial charge is 0.353 e. The van der Waals surface area contributed by atoms with Crippen molar-refractivity contribution in [1.82, 2.24) is 4.57 Å². The quantitative estimate of drug-likeness (QED) is 0.760. The number of aliphatic hydroxyl groups excluding tert-OH is 1. The van der Waals surface area contributed by atoms with E-state index in [9.17, 15) is 19.8 Å². The van der Waals surface area contributed by atoms with Crippen molar-refractivity contribution in [3.8, 4) is 11.1 Å². The second kappa shape index (κ2) is 6.44. The molecular formula is C16H17NO5. The van der Waals surface area contributed by atoms with Gasteiger partial charge in [0.1, 0.15) is 5.69 Å². The Morgan fingerprint density at radius 1 is 1.09 bits per heavy atom. The van der Waals surface area contributed by atoms with Crippen molar-refractivity contribution in [3.05, 3.63) is 47.3 Å². The first-order chi connectivity index (χ1) is 10.5. The third-order valence-electron chi connectivity index (χ3n) is 3.54. The minimum absolute atomic E-state index is 0.0125. The number of carboxylic acids is 2. The zero-order valence-corrected chi connectivity index (χ0v) is 12.1. The first-order valence-corrected chi connectivity index (χ1v) is 6.85. The molecule has 0 atom stereocenters. The van der Waals surface area contributed by atoms with E-state index in [0.717, 1.165) is 0 Å². The summed E-state index contributed by atoms with van der Waals surface area (Å²) in [7, 11) is 0. The van der Waals surface area contributed by atoms with E-state index in [1.807, 2.05) is 0 Å². The molecule has 0 bridgehead atoms. The Bertz CT molecular complexity index is 703. The van der Waals surface area contributed by atoms with Gasteiger partial charge in [0.2, 0.25) is 0 Å². The van der Waals surface area contributed by atoms with Gasteiger partial charge >= 0.3 is 11.9 Å². The molecule has 22 heavy (non-hydrogen) atoms. The van der Waals surface area contributed by atoms with E-state index in [2.05, 4.69) is 0 Å². The second-order valence-electron chi connectivity index (χ2n) is 4.89. The van der Waals surface area contributed by atoms with Crippen molar-refractivity contribution in [1.29, 1.82) is 0 Å². The second-order valence-corrected chi connectivity index (χ2v) is 4.89. The lowest BCUT2D eigenvalue weighted by Gasteiger charge is -2.09. The van der Waals surface area contributed by atoms with Crippen LogP contribution < -0.4 is 0 Å². The summed E-state index contributed by atoms with van der Waals surface area (Å²) in [6, 6.07) is 8.61. The predicted molar refractivity (Wildman–Crippen MR) is 80.2 cm³/mol. The molecule has 0 unspecified atom stereocenters. The van der Waals surface area contributed by atoms with Crippen LogP contribution >= 0.6 is 0 Å². The van der Waals surface area contributed by atoms with Crippen LogP contribution in [0.3, 0.4) is 0 Å². The van der Waals surface area contributed by atoms with Crippen molar-refractivity contribution in [2.75, 3.05) is 6.61 Å². The molecule has 3 N–H and O–H groups in total. The highest BCUT2D eigenvalue weighted by molar-refractivity contribution is 6.05. The van der Waals surface area contributed by atoms with Crippen molar-refractivity contribution in [2.45, 2.75) is 19.9 Å². The first-order valence-electron chi connectivity index (χ1n) is 6.85. The van der Waals surface area contributed by atoms with E-state index in [4.69, 9.17) is 5.11 Å². The number of carboxylic acid groups (broad SMARTS) is 2. The van der Waals surface area contributed by atoms with Crippen molar-refractivity contribution < 1.29 is 24.9 Å². The molecule has 0 saturated heterocycles. The van der Waals surface area contributed by atoms with E-state index >= 15 is 0 Å². The van der Waals surface area contributed by atoms with Gasteiger partial charge in [-0.25, -0.2) is 9.59 Å². The minimum Gasteiger partial charge on any atom is -0.478 e. The molecule has 0 spiro atoms. The lowest BCUT2D eigenvalue weighted by molar-refractivity contribution is 0.0681. The Balaban J connectivity index is 2.79. The van der Waals surface area contributed by atoms with Gasteiger partial charge in [-0.15, -0.1) is 0 Å². The van der Waals surface area contributed by atoms with E-state index in [-0.39, 0.29) is 30.0 Å². The number of aromatic nitrogens is 1. The molecule has 1 aromatic heterocycles. The van der Waals surface area contributed by atoms with Crippen LogP contribution in [-0.2, 0) is 6.54 Å². The van der Waals surface area contributed by atoms with Gasteiger partial charge in [0.05, 0.1) is 5.56 Å². The number of nitrogens with zero attached hydrogens (tertiary/aromatic N) is 1. The van der Waals surface area contributed by atoms with Crippen LogP contribution in [0, 0.1) is 6.92 Å². The fraction of sp³-hybridized carbons (Fsp3) is 0.250. The number of aliphatic hydroxyl groups is 1. The van der Waals surface area contributed by atoms with Crippen molar-refractivity contribution >= 4 is 11.9 Å². The van der Waals surface area contributed by atoms with Crippen molar-refractivity contribution in [2.24, 2.45) is 0 Å². The number of aromatic carboxylic acids is 2. The number of rotatable bonds is 6. The van der Waals surface area contributed by atoms with Gasteiger partial charge in [0, 0.05) is 24.4 Å². The summed E-state index contributed by atoms with van der Waals surface area (Å²) in [5.41, 5.74) is 1.05. The van der Waals surface area contributed by atoms with Gasteiger partial charge in [-0.2, -0.15) is 0 Å². The summed E-state index contributed by atoms with van der Waals surface area (Å²) in [5.74, 6) is -2.35. The Kier molecular flexibility index (Phi) is 4.62. The molecule has 0 saturated carbocycles. The Morgan fingerprint density at radius 2 is 1.73 bits per heavy atom. The lowest BCUT2D eigenvalue weighted by atomic mass is 10.0. The van der Waals surface area contributed by atoms with Crippen LogP contribution in [-0.4, -0.2) is 38.4 Å². The molecule has 2 rings (SSSR count). The third-order valence-corrected chi connectivity index (χ3v) is 3.54. The van der Waals surface area contributed by atoms with E-state index in [1.165, 1.54) is 4.57 Å². The van der Waals surface area contributed by atoms with Crippen LogP contribution in [0.15, 0.2) is 30.3 Å².